The fourth-order valence-electron chi connectivity index (χ4n) is 2.63. The molecule has 3 heterocycles. The summed E-state index contributed by atoms with van der Waals surface area (Å²) in [6.45, 7) is 1.82. The Morgan fingerprint density at radius 2 is 1.93 bits per heavy atom. The van der Waals surface area contributed by atoms with Crippen LogP contribution in [0.4, 0.5) is 5.13 Å². The lowest BCUT2D eigenvalue weighted by atomic mass is 10.0. The minimum absolute atomic E-state index is 0.188. The lowest BCUT2D eigenvalue weighted by Crippen LogP contribution is -2.14. The molecule has 0 atom stereocenters. The first-order valence-corrected chi connectivity index (χ1v) is 9.97. The summed E-state index contributed by atoms with van der Waals surface area (Å²) in [5.74, 6) is -0.278. The second kappa shape index (κ2) is 9.59. The Bertz CT molecular complexity index is 1090. The molecule has 156 valence electrons. The topological polar surface area (TPSA) is 116 Å². The van der Waals surface area contributed by atoms with Crippen LogP contribution in [0, 0.1) is 6.92 Å². The largest absolute Gasteiger partial charge is 0.494 e. The Kier molecular flexibility index (Phi) is 6.91. The number of halogens is 1. The van der Waals surface area contributed by atoms with Crippen LogP contribution < -0.4 is 10.1 Å². The van der Waals surface area contributed by atoms with Crippen molar-refractivity contribution in [2.75, 3.05) is 19.5 Å². The van der Waals surface area contributed by atoms with Gasteiger partial charge in [-0.05, 0) is 19.1 Å². The third-order valence-electron chi connectivity index (χ3n) is 4.09. The maximum absolute atomic E-state index is 13.0. The van der Waals surface area contributed by atoms with Crippen molar-refractivity contribution in [3.05, 3.63) is 45.9 Å². The van der Waals surface area contributed by atoms with Gasteiger partial charge in [0.25, 0.3) is 5.91 Å². The minimum Gasteiger partial charge on any atom is -0.494 e. The van der Waals surface area contributed by atoms with Crippen LogP contribution in [0.2, 0.25) is 5.15 Å². The maximum atomic E-state index is 13.0. The van der Waals surface area contributed by atoms with Crippen molar-refractivity contribution >= 4 is 39.9 Å². The standard InChI is InChI=1S/C19H18ClN5O4S/c1-10-6-11(12-7-15(20)22-9-14(12)28-2)13(8-21-10)18(27)23-19-25-24-16(30-19)4-5-17(26)29-3/h6-9H,4-5H2,1-3H3,(H,23,25,27). The molecule has 0 spiro atoms. The van der Waals surface area contributed by atoms with Crippen LogP contribution in [0.15, 0.2) is 24.5 Å². The molecule has 1 amide bonds. The van der Waals surface area contributed by atoms with Gasteiger partial charge in [-0.2, -0.15) is 0 Å². The first-order chi connectivity index (χ1) is 14.4. The molecule has 9 nitrogen and oxygen atoms in total. The number of amides is 1. The van der Waals surface area contributed by atoms with E-state index < -0.39 is 5.91 Å². The fourth-order valence-corrected chi connectivity index (χ4v) is 3.53. The Balaban J connectivity index is 1.87. The van der Waals surface area contributed by atoms with Gasteiger partial charge in [-0.15, -0.1) is 10.2 Å². The molecule has 3 rings (SSSR count). The van der Waals surface area contributed by atoms with Crippen molar-refractivity contribution in [3.8, 4) is 16.9 Å². The van der Waals surface area contributed by atoms with E-state index in [1.807, 2.05) is 6.92 Å². The van der Waals surface area contributed by atoms with E-state index in [2.05, 4.69) is 30.2 Å². The van der Waals surface area contributed by atoms with Crippen molar-refractivity contribution in [3.63, 3.8) is 0 Å². The average Bonchev–Trinajstić information content (AvgIpc) is 3.19. The van der Waals surface area contributed by atoms with E-state index >= 15 is 0 Å². The summed E-state index contributed by atoms with van der Waals surface area (Å²) in [7, 11) is 2.84. The summed E-state index contributed by atoms with van der Waals surface area (Å²) >= 11 is 7.24. The van der Waals surface area contributed by atoms with E-state index in [0.29, 0.717) is 39.0 Å². The predicted octanol–water partition coefficient (Wildman–Crippen LogP) is 3.32. The van der Waals surface area contributed by atoms with E-state index in [4.69, 9.17) is 16.3 Å². The molecular weight excluding hydrogens is 430 g/mol. The van der Waals surface area contributed by atoms with Crippen LogP contribution >= 0.6 is 22.9 Å². The van der Waals surface area contributed by atoms with E-state index in [-0.39, 0.29) is 17.5 Å². The summed E-state index contributed by atoms with van der Waals surface area (Å²) in [6.07, 6.45) is 3.54. The molecule has 11 heteroatoms. The Morgan fingerprint density at radius 1 is 1.13 bits per heavy atom. The molecule has 0 saturated carbocycles. The molecule has 0 aliphatic heterocycles. The van der Waals surface area contributed by atoms with Gasteiger partial charge in [0.15, 0.2) is 0 Å². The average molecular weight is 448 g/mol. The molecular formula is C19H18ClN5O4S. The molecule has 0 bridgehead atoms. The maximum Gasteiger partial charge on any atom is 0.305 e. The number of methoxy groups -OCH3 is 2. The van der Waals surface area contributed by atoms with Gasteiger partial charge >= 0.3 is 5.97 Å². The highest BCUT2D eigenvalue weighted by Gasteiger charge is 2.19. The van der Waals surface area contributed by atoms with Gasteiger partial charge in [0.05, 0.1) is 32.4 Å². The zero-order chi connectivity index (χ0) is 21.7. The summed E-state index contributed by atoms with van der Waals surface area (Å²) in [4.78, 5) is 32.5. The van der Waals surface area contributed by atoms with Crippen LogP contribution in [0.3, 0.4) is 0 Å². The summed E-state index contributed by atoms with van der Waals surface area (Å²) in [6, 6.07) is 3.40. The summed E-state index contributed by atoms with van der Waals surface area (Å²) in [5.41, 5.74) is 2.24. The number of carbonyl (C=O) groups is 2. The van der Waals surface area contributed by atoms with Crippen molar-refractivity contribution < 1.29 is 19.1 Å². The Hall–Kier alpha value is -3.11. The van der Waals surface area contributed by atoms with Crippen molar-refractivity contribution in [1.29, 1.82) is 0 Å². The third kappa shape index (κ3) is 5.08. The SMILES string of the molecule is COC(=O)CCc1nnc(NC(=O)c2cnc(C)cc2-c2cc(Cl)ncc2OC)s1. The van der Waals surface area contributed by atoms with Crippen LogP contribution in [0.1, 0.15) is 27.5 Å². The molecule has 30 heavy (non-hydrogen) atoms. The number of esters is 1. The van der Waals surface area contributed by atoms with Gasteiger partial charge in [-0.1, -0.05) is 22.9 Å². The number of rotatable bonds is 7. The monoisotopic (exact) mass is 447 g/mol. The van der Waals surface area contributed by atoms with E-state index in [1.54, 1.807) is 12.1 Å². The van der Waals surface area contributed by atoms with Crippen LogP contribution in [-0.4, -0.2) is 46.3 Å². The lowest BCUT2D eigenvalue weighted by Gasteiger charge is -2.13. The molecule has 0 aliphatic rings. The van der Waals surface area contributed by atoms with E-state index in [0.717, 1.165) is 5.69 Å². The van der Waals surface area contributed by atoms with Crippen LogP contribution in [0.25, 0.3) is 11.1 Å². The zero-order valence-corrected chi connectivity index (χ0v) is 18.0. The number of carbonyl (C=O) groups excluding carboxylic acids is 2. The van der Waals surface area contributed by atoms with Crippen molar-refractivity contribution in [2.45, 2.75) is 19.8 Å². The first kappa shape index (κ1) is 21.6. The number of nitrogens with zero attached hydrogens (tertiary/aromatic N) is 4. The molecule has 1 N–H and O–H groups in total. The summed E-state index contributed by atoms with van der Waals surface area (Å²) in [5, 5.41) is 11.9. The molecule has 0 saturated heterocycles. The van der Waals surface area contributed by atoms with Crippen molar-refractivity contribution in [1.82, 2.24) is 20.2 Å². The molecule has 0 radical (unpaired) electrons. The Morgan fingerprint density at radius 3 is 2.67 bits per heavy atom. The van der Waals surface area contributed by atoms with Gasteiger partial charge in [0.2, 0.25) is 5.13 Å². The molecule has 3 aromatic rings. The number of anilines is 1. The number of aryl methyl sites for hydroxylation is 2. The highest BCUT2D eigenvalue weighted by atomic mass is 35.5. The van der Waals surface area contributed by atoms with Crippen LogP contribution in [-0.2, 0) is 16.0 Å². The van der Waals surface area contributed by atoms with Crippen molar-refractivity contribution in [2.24, 2.45) is 0 Å². The molecule has 0 fully saturated rings. The number of pyridine rings is 2. The van der Waals surface area contributed by atoms with Gasteiger partial charge < -0.3 is 9.47 Å². The van der Waals surface area contributed by atoms with Gasteiger partial charge in [0.1, 0.15) is 15.9 Å². The molecule has 3 aromatic heterocycles. The van der Waals surface area contributed by atoms with E-state index in [9.17, 15) is 9.59 Å². The number of hydrogen-bond donors (Lipinski definition) is 1. The second-order valence-corrected chi connectivity index (χ2v) is 7.56. The highest BCUT2D eigenvalue weighted by molar-refractivity contribution is 7.15. The fraction of sp³-hybridized carbons (Fsp3) is 0.263. The van der Waals surface area contributed by atoms with Gasteiger partial charge in [-0.3, -0.25) is 19.9 Å². The van der Waals surface area contributed by atoms with Gasteiger partial charge in [-0.25, -0.2) is 4.98 Å². The van der Waals surface area contributed by atoms with Crippen LogP contribution in [0.5, 0.6) is 5.75 Å². The third-order valence-corrected chi connectivity index (χ3v) is 5.19. The number of aromatic nitrogens is 4. The second-order valence-electron chi connectivity index (χ2n) is 6.11. The Labute approximate surface area is 181 Å². The minimum atomic E-state index is -0.414. The quantitative estimate of drug-likeness (QED) is 0.433. The summed E-state index contributed by atoms with van der Waals surface area (Å²) < 4.78 is 9.99. The zero-order valence-electron chi connectivity index (χ0n) is 16.4. The first-order valence-electron chi connectivity index (χ1n) is 8.78. The number of hydrogen-bond acceptors (Lipinski definition) is 9. The molecule has 0 unspecified atom stereocenters. The number of ether oxygens (including phenoxy) is 2. The lowest BCUT2D eigenvalue weighted by molar-refractivity contribution is -0.140. The molecule has 0 aliphatic carbocycles. The van der Waals surface area contributed by atoms with E-state index in [1.165, 1.54) is 38.0 Å². The number of nitrogens with one attached hydrogen (secondary N) is 1. The predicted molar refractivity (Wildman–Crippen MR) is 112 cm³/mol. The van der Waals surface area contributed by atoms with Gasteiger partial charge in [0, 0.05) is 29.4 Å². The molecule has 0 aromatic carbocycles. The smallest absolute Gasteiger partial charge is 0.305 e. The highest BCUT2D eigenvalue weighted by Crippen LogP contribution is 2.34. The normalized spacial score (nSPS) is 10.5.